The molecule has 0 aliphatic carbocycles. The van der Waals surface area contributed by atoms with Crippen molar-refractivity contribution >= 4 is 17.6 Å². The highest BCUT2D eigenvalue weighted by Gasteiger charge is 2.11. The summed E-state index contributed by atoms with van der Waals surface area (Å²) < 4.78 is 6.62. The van der Waals surface area contributed by atoms with Gasteiger partial charge in [-0.3, -0.25) is 4.52 Å². The van der Waals surface area contributed by atoms with Crippen LogP contribution in [-0.2, 0) is 6.54 Å². The van der Waals surface area contributed by atoms with Gasteiger partial charge in [-0.15, -0.1) is 0 Å². The number of hydrogen-bond acceptors (Lipinski definition) is 4. The number of rotatable bonds is 4. The van der Waals surface area contributed by atoms with Crippen LogP contribution in [0.5, 0.6) is 0 Å². The summed E-state index contributed by atoms with van der Waals surface area (Å²) >= 11 is 0. The number of hydrogen-bond donors (Lipinski definition) is 1. The summed E-state index contributed by atoms with van der Waals surface area (Å²) in [5.74, 6) is 0.157. The van der Waals surface area contributed by atoms with Crippen LogP contribution >= 0.6 is 0 Å². The number of nitrogens with zero attached hydrogens (tertiary/aromatic N) is 3. The summed E-state index contributed by atoms with van der Waals surface area (Å²) in [4.78, 5) is 3.82. The third-order valence-electron chi connectivity index (χ3n) is 2.92. The zero-order chi connectivity index (χ0) is 15.2. The molecule has 0 saturated carbocycles. The van der Waals surface area contributed by atoms with Crippen molar-refractivity contribution in [1.29, 1.82) is 0 Å². The van der Waals surface area contributed by atoms with Gasteiger partial charge in [0.05, 0.1) is 6.02 Å². The summed E-state index contributed by atoms with van der Waals surface area (Å²) in [5.41, 5.74) is 1.76. The highest BCUT2D eigenvalue weighted by molar-refractivity contribution is 5.86. The summed E-state index contributed by atoms with van der Waals surface area (Å²) in [6.45, 7) is 0.556. The van der Waals surface area contributed by atoms with E-state index in [1.54, 1.807) is 23.0 Å². The summed E-state index contributed by atoms with van der Waals surface area (Å²) in [5, 5.41) is 18.3. The van der Waals surface area contributed by atoms with Crippen molar-refractivity contribution in [1.82, 2.24) is 5.27 Å². The van der Waals surface area contributed by atoms with E-state index in [2.05, 4.69) is 15.6 Å². The van der Waals surface area contributed by atoms with Gasteiger partial charge < -0.3 is 10.4 Å². The van der Waals surface area contributed by atoms with Crippen molar-refractivity contribution in [3.63, 3.8) is 0 Å². The zero-order valence-electron chi connectivity index (χ0n) is 11.7. The number of para-hydroxylation sites is 1. The van der Waals surface area contributed by atoms with Gasteiger partial charge in [0.1, 0.15) is 0 Å². The van der Waals surface area contributed by atoms with Crippen molar-refractivity contribution in [3.8, 4) is 0 Å². The van der Waals surface area contributed by atoms with Gasteiger partial charge in [-0.2, -0.15) is 0 Å². The zero-order valence-corrected chi connectivity index (χ0v) is 11.7. The van der Waals surface area contributed by atoms with Gasteiger partial charge in [-0.05, 0) is 16.8 Å². The molecule has 110 valence electrons. The molecule has 22 heavy (non-hydrogen) atoms. The van der Waals surface area contributed by atoms with Crippen LogP contribution in [0, 0.1) is 0 Å². The predicted molar refractivity (Wildman–Crippen MR) is 79.4 cm³/mol. The molecule has 0 fully saturated rings. The SMILES string of the molecule is [O-]/C(=N\c1c[n+](Cc2ccccc2)no1)Nc1ccccc1. The average molecular weight is 294 g/mol. The Morgan fingerprint density at radius 2 is 1.77 bits per heavy atom. The molecular formula is C16H14N4O2. The second-order valence-corrected chi connectivity index (χ2v) is 4.63. The van der Waals surface area contributed by atoms with Gasteiger partial charge in [-0.25, -0.2) is 4.99 Å². The molecule has 3 aromatic rings. The van der Waals surface area contributed by atoms with Gasteiger partial charge in [0.2, 0.25) is 11.8 Å². The molecule has 0 aliphatic rings. The van der Waals surface area contributed by atoms with Crippen LogP contribution in [0.15, 0.2) is 76.4 Å². The Balaban J connectivity index is 1.67. The first-order chi connectivity index (χ1) is 10.8. The van der Waals surface area contributed by atoms with E-state index in [4.69, 9.17) is 4.52 Å². The maximum Gasteiger partial charge on any atom is 0.322 e. The molecule has 0 aliphatic heterocycles. The fraction of sp³-hybridized carbons (Fsp3) is 0.0625. The van der Waals surface area contributed by atoms with Crippen molar-refractivity contribution in [2.24, 2.45) is 4.99 Å². The Kier molecular flexibility index (Phi) is 4.10. The van der Waals surface area contributed by atoms with E-state index < -0.39 is 6.02 Å². The normalized spacial score (nSPS) is 11.4. The van der Waals surface area contributed by atoms with Crippen LogP contribution in [0.2, 0.25) is 0 Å². The largest absolute Gasteiger partial charge is 0.846 e. The summed E-state index contributed by atoms with van der Waals surface area (Å²) in [6.07, 6.45) is 1.58. The van der Waals surface area contributed by atoms with Crippen LogP contribution in [-0.4, -0.2) is 11.3 Å². The Hall–Kier alpha value is -3.15. The molecule has 0 unspecified atom stereocenters. The molecule has 0 amide bonds. The monoisotopic (exact) mass is 294 g/mol. The maximum absolute atomic E-state index is 11.8. The van der Waals surface area contributed by atoms with Crippen LogP contribution in [0.3, 0.4) is 0 Å². The molecular weight excluding hydrogens is 280 g/mol. The van der Waals surface area contributed by atoms with E-state index in [0.717, 1.165) is 5.56 Å². The first-order valence-electron chi connectivity index (χ1n) is 6.78. The van der Waals surface area contributed by atoms with Crippen molar-refractivity contribution in [2.45, 2.75) is 6.54 Å². The van der Waals surface area contributed by atoms with Gasteiger partial charge >= 0.3 is 5.88 Å². The number of anilines is 1. The van der Waals surface area contributed by atoms with Crippen LogP contribution in [0.25, 0.3) is 0 Å². The second-order valence-electron chi connectivity index (χ2n) is 4.63. The first kappa shape index (κ1) is 13.8. The number of benzene rings is 2. The fourth-order valence-electron chi connectivity index (χ4n) is 1.94. The number of aliphatic imine (C=N–C) groups is 1. The lowest BCUT2D eigenvalue weighted by Crippen LogP contribution is -2.35. The molecule has 1 heterocycles. The molecule has 3 rings (SSSR count). The van der Waals surface area contributed by atoms with E-state index >= 15 is 0 Å². The average Bonchev–Trinajstić information content (AvgIpc) is 2.96. The quantitative estimate of drug-likeness (QED) is 0.449. The van der Waals surface area contributed by atoms with Gasteiger partial charge in [-0.1, -0.05) is 48.5 Å². The third-order valence-corrected chi connectivity index (χ3v) is 2.92. The van der Waals surface area contributed by atoms with Gasteiger partial charge in [0.25, 0.3) is 6.20 Å². The van der Waals surface area contributed by atoms with Crippen molar-refractivity contribution in [3.05, 3.63) is 72.4 Å². The Bertz CT molecular complexity index is 754. The lowest BCUT2D eigenvalue weighted by atomic mass is 10.2. The maximum atomic E-state index is 11.8. The van der Waals surface area contributed by atoms with Gasteiger partial charge in [0.15, 0.2) is 0 Å². The third kappa shape index (κ3) is 3.69. The highest BCUT2D eigenvalue weighted by Crippen LogP contribution is 2.09. The van der Waals surface area contributed by atoms with E-state index in [0.29, 0.717) is 12.2 Å². The lowest BCUT2D eigenvalue weighted by molar-refractivity contribution is -0.754. The van der Waals surface area contributed by atoms with Crippen LogP contribution in [0.1, 0.15) is 5.56 Å². The van der Waals surface area contributed by atoms with Crippen molar-refractivity contribution < 1.29 is 14.3 Å². The van der Waals surface area contributed by atoms with E-state index in [1.807, 2.05) is 48.5 Å². The summed E-state index contributed by atoms with van der Waals surface area (Å²) in [6, 6.07) is 18.4. The molecule has 0 radical (unpaired) electrons. The molecule has 1 N–H and O–H groups in total. The Morgan fingerprint density at radius 3 is 2.50 bits per heavy atom. The topological polar surface area (TPSA) is 77.4 Å². The summed E-state index contributed by atoms with van der Waals surface area (Å²) in [7, 11) is 0. The standard InChI is InChI=1S/C16H14N4O2/c21-16(17-14-9-5-2-6-10-14)18-15-12-20(19-22-15)11-13-7-3-1-4-8-13/h1-10,12H,11H2,(H-,17,18,19,21). The Morgan fingerprint density at radius 1 is 1.09 bits per heavy atom. The molecule has 6 nitrogen and oxygen atoms in total. The molecule has 6 heteroatoms. The first-order valence-corrected chi connectivity index (χ1v) is 6.78. The lowest BCUT2D eigenvalue weighted by Gasteiger charge is -2.11. The number of amidine groups is 1. The van der Waals surface area contributed by atoms with E-state index in [9.17, 15) is 5.11 Å². The minimum absolute atomic E-state index is 0.157. The Labute approximate surface area is 127 Å². The molecule has 2 aromatic carbocycles. The molecule has 1 aromatic heterocycles. The van der Waals surface area contributed by atoms with Crippen LogP contribution in [0.4, 0.5) is 11.6 Å². The minimum atomic E-state index is -0.505. The molecule has 0 spiro atoms. The van der Waals surface area contributed by atoms with Crippen molar-refractivity contribution in [2.75, 3.05) is 5.32 Å². The highest BCUT2D eigenvalue weighted by atomic mass is 16.5. The molecule has 0 atom stereocenters. The van der Waals surface area contributed by atoms with Crippen LogP contribution < -0.4 is 15.1 Å². The second kappa shape index (κ2) is 6.53. The minimum Gasteiger partial charge on any atom is -0.846 e. The molecule has 0 bridgehead atoms. The fourth-order valence-corrected chi connectivity index (χ4v) is 1.94. The molecule has 0 saturated heterocycles. The van der Waals surface area contributed by atoms with Gasteiger partial charge in [0, 0.05) is 11.3 Å². The predicted octanol–water partition coefficient (Wildman–Crippen LogP) is 1.47. The van der Waals surface area contributed by atoms with E-state index in [-0.39, 0.29) is 5.88 Å². The smallest absolute Gasteiger partial charge is 0.322 e. The number of nitrogens with one attached hydrogen (secondary N) is 1. The number of aromatic nitrogens is 2. The van der Waals surface area contributed by atoms with E-state index in [1.165, 1.54) is 0 Å².